The van der Waals surface area contributed by atoms with Crippen LogP contribution in [0.4, 0.5) is 4.79 Å². The second-order valence-electron chi connectivity index (χ2n) is 7.17. The van der Waals surface area contributed by atoms with E-state index in [1.54, 1.807) is 16.9 Å². The van der Waals surface area contributed by atoms with E-state index in [4.69, 9.17) is 4.74 Å². The molecular formula is C22H27N3O3. The van der Waals surface area contributed by atoms with E-state index in [-0.39, 0.29) is 24.5 Å². The fourth-order valence-electron chi connectivity index (χ4n) is 3.23. The monoisotopic (exact) mass is 381 g/mol. The molecule has 2 aromatic carbocycles. The number of rotatable bonds is 5. The number of ether oxygens (including phenoxy) is 1. The van der Waals surface area contributed by atoms with E-state index in [1.165, 1.54) is 5.56 Å². The van der Waals surface area contributed by atoms with Crippen LogP contribution in [0, 0.1) is 6.92 Å². The number of nitrogens with zero attached hydrogens (tertiary/aromatic N) is 2. The van der Waals surface area contributed by atoms with Crippen LogP contribution in [0.1, 0.15) is 29.7 Å². The summed E-state index contributed by atoms with van der Waals surface area (Å²) in [5.41, 5.74) is 3.25. The Balaban J connectivity index is 1.54. The number of benzene rings is 2. The molecule has 1 fully saturated rings. The lowest BCUT2D eigenvalue weighted by Gasteiger charge is -2.35. The fraction of sp³-hybridized carbons (Fsp3) is 0.364. The lowest BCUT2D eigenvalue weighted by atomic mass is 10.1. The van der Waals surface area contributed by atoms with E-state index in [9.17, 15) is 9.59 Å². The third kappa shape index (κ3) is 4.82. The summed E-state index contributed by atoms with van der Waals surface area (Å²) in [5, 5.41) is 2.97. The molecule has 28 heavy (non-hydrogen) atoms. The summed E-state index contributed by atoms with van der Waals surface area (Å²) in [6, 6.07) is 15.4. The summed E-state index contributed by atoms with van der Waals surface area (Å²) in [7, 11) is 1.62. The molecule has 0 radical (unpaired) electrons. The minimum absolute atomic E-state index is 0.0315. The Bertz CT molecular complexity index is 835. The number of hydrogen-bond acceptors (Lipinski definition) is 3. The van der Waals surface area contributed by atoms with Gasteiger partial charge in [-0.3, -0.25) is 4.79 Å². The molecule has 3 amide bonds. The number of piperazine rings is 1. The van der Waals surface area contributed by atoms with Gasteiger partial charge in [-0.2, -0.15) is 0 Å². The molecule has 1 N–H and O–H groups in total. The molecule has 0 aliphatic carbocycles. The quantitative estimate of drug-likeness (QED) is 0.866. The predicted octanol–water partition coefficient (Wildman–Crippen LogP) is 3.12. The molecule has 6 heteroatoms. The molecule has 0 unspecified atom stereocenters. The smallest absolute Gasteiger partial charge is 0.318 e. The normalized spacial score (nSPS) is 15.3. The zero-order chi connectivity index (χ0) is 20.1. The molecule has 0 spiro atoms. The van der Waals surface area contributed by atoms with Crippen LogP contribution in [0.3, 0.4) is 0 Å². The van der Waals surface area contributed by atoms with Crippen molar-refractivity contribution < 1.29 is 14.3 Å². The molecule has 0 bridgehead atoms. The maximum Gasteiger partial charge on any atom is 0.318 e. The van der Waals surface area contributed by atoms with Crippen molar-refractivity contribution in [3.05, 3.63) is 65.2 Å². The van der Waals surface area contributed by atoms with Crippen molar-refractivity contribution in [1.29, 1.82) is 0 Å². The van der Waals surface area contributed by atoms with Crippen molar-refractivity contribution in [1.82, 2.24) is 15.1 Å². The van der Waals surface area contributed by atoms with Crippen LogP contribution in [0.2, 0.25) is 0 Å². The van der Waals surface area contributed by atoms with Crippen molar-refractivity contribution in [2.24, 2.45) is 0 Å². The molecule has 0 aromatic heterocycles. The first-order valence-corrected chi connectivity index (χ1v) is 9.49. The van der Waals surface area contributed by atoms with Crippen molar-refractivity contribution >= 4 is 11.9 Å². The number of nitrogens with one attached hydrogen (secondary N) is 1. The first kappa shape index (κ1) is 19.7. The first-order chi connectivity index (χ1) is 13.5. The minimum Gasteiger partial charge on any atom is -0.497 e. The second kappa shape index (κ2) is 8.78. The molecule has 3 rings (SSSR count). The van der Waals surface area contributed by atoms with E-state index in [0.29, 0.717) is 19.6 Å². The van der Waals surface area contributed by atoms with Gasteiger partial charge < -0.3 is 19.9 Å². The average molecular weight is 381 g/mol. The number of amides is 3. The number of aryl methyl sites for hydroxylation is 1. The van der Waals surface area contributed by atoms with Gasteiger partial charge in [-0.05, 0) is 37.1 Å². The summed E-state index contributed by atoms with van der Waals surface area (Å²) in [6.07, 6.45) is 0. The maximum absolute atomic E-state index is 12.6. The predicted molar refractivity (Wildman–Crippen MR) is 108 cm³/mol. The number of urea groups is 1. The van der Waals surface area contributed by atoms with Crippen molar-refractivity contribution in [2.45, 2.75) is 26.4 Å². The zero-order valence-electron chi connectivity index (χ0n) is 16.6. The van der Waals surface area contributed by atoms with Gasteiger partial charge in [0.1, 0.15) is 12.3 Å². The largest absolute Gasteiger partial charge is 0.497 e. The summed E-state index contributed by atoms with van der Waals surface area (Å²) in [6.45, 7) is 5.69. The van der Waals surface area contributed by atoms with Gasteiger partial charge >= 0.3 is 6.03 Å². The average Bonchev–Trinajstić information content (AvgIpc) is 2.71. The van der Waals surface area contributed by atoms with Gasteiger partial charge in [0.25, 0.3) is 0 Å². The van der Waals surface area contributed by atoms with Crippen LogP contribution in [0.5, 0.6) is 5.75 Å². The topological polar surface area (TPSA) is 61.9 Å². The van der Waals surface area contributed by atoms with Crippen LogP contribution >= 0.6 is 0 Å². The van der Waals surface area contributed by atoms with E-state index in [2.05, 4.69) is 5.32 Å². The second-order valence-corrected chi connectivity index (χ2v) is 7.17. The van der Waals surface area contributed by atoms with E-state index in [0.717, 1.165) is 16.9 Å². The molecule has 148 valence electrons. The Morgan fingerprint density at radius 1 is 1.18 bits per heavy atom. The van der Waals surface area contributed by atoms with Crippen LogP contribution in [0.15, 0.2) is 48.5 Å². The molecule has 6 nitrogen and oxygen atoms in total. The summed E-state index contributed by atoms with van der Waals surface area (Å²) >= 11 is 0. The van der Waals surface area contributed by atoms with Crippen molar-refractivity contribution in [3.63, 3.8) is 0 Å². The third-order valence-electron chi connectivity index (χ3n) is 5.03. The zero-order valence-corrected chi connectivity index (χ0v) is 16.6. The molecule has 1 aliphatic rings. The van der Waals surface area contributed by atoms with Gasteiger partial charge in [0.05, 0.1) is 13.2 Å². The highest BCUT2D eigenvalue weighted by Crippen LogP contribution is 2.19. The first-order valence-electron chi connectivity index (χ1n) is 9.49. The van der Waals surface area contributed by atoms with Crippen LogP contribution in [-0.2, 0) is 11.3 Å². The Labute approximate surface area is 166 Å². The molecular weight excluding hydrogens is 354 g/mol. The van der Waals surface area contributed by atoms with Crippen LogP contribution in [-0.4, -0.2) is 48.5 Å². The summed E-state index contributed by atoms with van der Waals surface area (Å²) in [5.74, 6) is 0.717. The highest BCUT2D eigenvalue weighted by molar-refractivity contribution is 5.85. The fourth-order valence-corrected chi connectivity index (χ4v) is 3.23. The lowest BCUT2D eigenvalue weighted by molar-refractivity contribution is -0.135. The van der Waals surface area contributed by atoms with Gasteiger partial charge in [-0.25, -0.2) is 4.79 Å². The Hall–Kier alpha value is -3.02. The number of hydrogen-bond donors (Lipinski definition) is 1. The summed E-state index contributed by atoms with van der Waals surface area (Å²) < 4.78 is 5.23. The van der Waals surface area contributed by atoms with Crippen molar-refractivity contribution in [2.75, 3.05) is 26.7 Å². The molecule has 0 saturated carbocycles. The van der Waals surface area contributed by atoms with E-state index in [1.807, 2.05) is 62.4 Å². The standard InChI is InChI=1S/C22H27N3O3/c1-16-7-9-18(10-8-16)14-24-11-12-25(15-21(24)26)22(27)23-17(2)19-5-4-6-20(13-19)28-3/h4-10,13,17H,11-12,14-15H2,1-3H3,(H,23,27)/t17-/m1/s1. The highest BCUT2D eigenvalue weighted by Gasteiger charge is 2.27. The lowest BCUT2D eigenvalue weighted by Crippen LogP contribution is -2.54. The Kier molecular flexibility index (Phi) is 6.19. The van der Waals surface area contributed by atoms with Gasteiger partial charge in [-0.1, -0.05) is 42.0 Å². The van der Waals surface area contributed by atoms with E-state index >= 15 is 0 Å². The Morgan fingerprint density at radius 3 is 2.61 bits per heavy atom. The van der Waals surface area contributed by atoms with Gasteiger partial charge in [-0.15, -0.1) is 0 Å². The van der Waals surface area contributed by atoms with Gasteiger partial charge in [0.2, 0.25) is 5.91 Å². The molecule has 1 heterocycles. The van der Waals surface area contributed by atoms with Crippen molar-refractivity contribution in [3.8, 4) is 5.75 Å². The Morgan fingerprint density at radius 2 is 1.93 bits per heavy atom. The molecule has 1 saturated heterocycles. The molecule has 1 atom stereocenters. The molecule has 1 aliphatic heterocycles. The number of methoxy groups -OCH3 is 1. The maximum atomic E-state index is 12.6. The van der Waals surface area contributed by atoms with Gasteiger partial charge in [0.15, 0.2) is 0 Å². The number of carbonyl (C=O) groups excluding carboxylic acids is 2. The summed E-state index contributed by atoms with van der Waals surface area (Å²) in [4.78, 5) is 28.5. The minimum atomic E-state index is -0.223. The highest BCUT2D eigenvalue weighted by atomic mass is 16.5. The third-order valence-corrected chi connectivity index (χ3v) is 5.03. The van der Waals surface area contributed by atoms with Crippen LogP contribution in [0.25, 0.3) is 0 Å². The molecule has 2 aromatic rings. The number of carbonyl (C=O) groups is 2. The van der Waals surface area contributed by atoms with Crippen LogP contribution < -0.4 is 10.1 Å². The SMILES string of the molecule is COc1cccc([C@@H](C)NC(=O)N2CCN(Cc3ccc(C)cc3)C(=O)C2)c1. The van der Waals surface area contributed by atoms with Gasteiger partial charge in [0, 0.05) is 19.6 Å². The van der Waals surface area contributed by atoms with E-state index < -0.39 is 0 Å².